The Morgan fingerprint density at radius 1 is 1.24 bits per heavy atom. The molecule has 6 rings (SSSR count). The van der Waals surface area contributed by atoms with E-state index in [0.29, 0.717) is 31.1 Å². The fraction of sp³-hybridized carbons (Fsp3) is 0.630. The molecule has 33 heavy (non-hydrogen) atoms. The number of carbonyl (C=O) groups excluding carboxylic acids is 1. The summed E-state index contributed by atoms with van der Waals surface area (Å²) in [7, 11) is 0. The van der Waals surface area contributed by atoms with Crippen molar-refractivity contribution in [2.24, 2.45) is 22.7 Å². The average Bonchev–Trinajstić information content (AvgIpc) is 3.41. The Bertz CT molecular complexity index is 1070. The Kier molecular flexibility index (Phi) is 4.67. The van der Waals surface area contributed by atoms with Crippen molar-refractivity contribution < 1.29 is 14.7 Å². The molecule has 4 saturated carbocycles. The van der Waals surface area contributed by atoms with Crippen LogP contribution in [0.25, 0.3) is 0 Å². The fourth-order valence-electron chi connectivity index (χ4n) is 6.84. The third-order valence-electron chi connectivity index (χ3n) is 8.89. The number of benzene rings is 1. The van der Waals surface area contributed by atoms with Crippen molar-refractivity contribution in [3.05, 3.63) is 46.1 Å². The van der Waals surface area contributed by atoms with Crippen LogP contribution in [0.15, 0.2) is 30.0 Å². The van der Waals surface area contributed by atoms with Gasteiger partial charge in [0, 0.05) is 11.2 Å². The van der Waals surface area contributed by atoms with Crippen molar-refractivity contribution in [3.8, 4) is 0 Å². The van der Waals surface area contributed by atoms with Crippen molar-refractivity contribution in [3.63, 3.8) is 0 Å². The van der Waals surface area contributed by atoms with E-state index >= 15 is 0 Å². The van der Waals surface area contributed by atoms with Crippen molar-refractivity contribution in [2.75, 3.05) is 0 Å². The lowest BCUT2D eigenvalue weighted by Crippen LogP contribution is -2.78. The molecule has 2 N–H and O–H groups in total. The summed E-state index contributed by atoms with van der Waals surface area (Å²) in [5.74, 6) is 0.610. The van der Waals surface area contributed by atoms with Crippen LogP contribution in [0.2, 0.25) is 5.02 Å². The van der Waals surface area contributed by atoms with Crippen LogP contribution in [-0.2, 0) is 10.3 Å². The third kappa shape index (κ3) is 3.18. The Morgan fingerprint density at radius 2 is 1.88 bits per heavy atom. The maximum atomic E-state index is 13.3. The lowest BCUT2D eigenvalue weighted by molar-refractivity contribution is -0.215. The first kappa shape index (κ1) is 22.8. The van der Waals surface area contributed by atoms with Crippen LogP contribution in [0.4, 0.5) is 4.79 Å². The molecule has 0 radical (unpaired) electrons. The predicted octanol–water partition coefficient (Wildman–Crippen LogP) is 6.28. The summed E-state index contributed by atoms with van der Waals surface area (Å²) in [4.78, 5) is 26.6. The molecule has 5 nitrogen and oxygen atoms in total. The summed E-state index contributed by atoms with van der Waals surface area (Å²) in [5.41, 5.74) is 1.94. The Labute approximate surface area is 201 Å². The first-order chi connectivity index (χ1) is 15.2. The van der Waals surface area contributed by atoms with E-state index in [1.165, 1.54) is 12.0 Å². The molecule has 1 aromatic rings. The normalized spacial score (nSPS) is 37.2. The SMILES string of the molecule is CC(C)C1=CN(C23CC(C(=O)O)(C2)C3)C(=O)N[C@@]1(C)c1ccc([C@@H]2CC2C(C)(C)C)c(Cl)c1. The molecule has 0 saturated heterocycles. The summed E-state index contributed by atoms with van der Waals surface area (Å²) in [5, 5.41) is 13.5. The number of carbonyl (C=O) groups is 2. The molecule has 1 unspecified atom stereocenters. The van der Waals surface area contributed by atoms with Crippen LogP contribution in [0.1, 0.15) is 84.3 Å². The molecule has 4 fully saturated rings. The number of rotatable bonds is 5. The third-order valence-corrected chi connectivity index (χ3v) is 9.22. The van der Waals surface area contributed by atoms with Gasteiger partial charge in [-0.05, 0) is 78.5 Å². The van der Waals surface area contributed by atoms with Crippen LogP contribution in [0, 0.1) is 22.7 Å². The predicted molar refractivity (Wildman–Crippen MR) is 129 cm³/mol. The molecule has 2 amide bonds. The van der Waals surface area contributed by atoms with Gasteiger partial charge in [0.15, 0.2) is 0 Å². The number of hydrogen-bond donors (Lipinski definition) is 2. The van der Waals surface area contributed by atoms with E-state index in [4.69, 9.17) is 11.6 Å². The second-order valence-electron chi connectivity index (χ2n) is 12.6. The number of amides is 2. The number of carboxylic acids is 1. The van der Waals surface area contributed by atoms with Crippen LogP contribution in [-0.4, -0.2) is 27.5 Å². The number of aliphatic carboxylic acids is 1. The number of hydrogen-bond acceptors (Lipinski definition) is 2. The Morgan fingerprint density at radius 3 is 2.36 bits per heavy atom. The first-order valence-electron chi connectivity index (χ1n) is 12.1. The average molecular weight is 471 g/mol. The number of nitrogens with one attached hydrogen (secondary N) is 1. The van der Waals surface area contributed by atoms with Crippen molar-refractivity contribution in [2.45, 2.75) is 84.2 Å². The van der Waals surface area contributed by atoms with Gasteiger partial charge in [-0.15, -0.1) is 0 Å². The number of nitrogens with zero attached hydrogens (tertiary/aromatic N) is 1. The van der Waals surface area contributed by atoms with Gasteiger partial charge in [-0.1, -0.05) is 58.4 Å². The van der Waals surface area contributed by atoms with Crippen molar-refractivity contribution in [1.29, 1.82) is 0 Å². The van der Waals surface area contributed by atoms with Gasteiger partial charge in [0.05, 0.1) is 16.5 Å². The van der Waals surface area contributed by atoms with Crippen LogP contribution >= 0.6 is 11.6 Å². The Balaban J connectivity index is 1.44. The molecule has 2 bridgehead atoms. The topological polar surface area (TPSA) is 69.6 Å². The van der Waals surface area contributed by atoms with Gasteiger partial charge in [0.2, 0.25) is 0 Å². The summed E-state index contributed by atoms with van der Waals surface area (Å²) in [6.07, 6.45) is 4.78. The van der Waals surface area contributed by atoms with Gasteiger partial charge in [-0.3, -0.25) is 9.69 Å². The smallest absolute Gasteiger partial charge is 0.322 e. The minimum absolute atomic E-state index is 0.157. The monoisotopic (exact) mass is 470 g/mol. The summed E-state index contributed by atoms with van der Waals surface area (Å²) >= 11 is 6.81. The van der Waals surface area contributed by atoms with E-state index in [9.17, 15) is 14.7 Å². The van der Waals surface area contributed by atoms with Gasteiger partial charge in [0.25, 0.3) is 0 Å². The molecule has 1 aliphatic heterocycles. The second kappa shape index (κ2) is 6.78. The van der Waals surface area contributed by atoms with Gasteiger partial charge in [-0.2, -0.15) is 0 Å². The van der Waals surface area contributed by atoms with Gasteiger partial charge in [0.1, 0.15) is 0 Å². The summed E-state index contributed by atoms with van der Waals surface area (Å²) in [6.45, 7) is 13.2. The zero-order valence-electron chi connectivity index (χ0n) is 20.5. The van der Waals surface area contributed by atoms with E-state index in [1.54, 1.807) is 4.90 Å². The van der Waals surface area contributed by atoms with Crippen LogP contribution in [0.5, 0.6) is 0 Å². The highest BCUT2D eigenvalue weighted by Crippen LogP contribution is 2.70. The second-order valence-corrected chi connectivity index (χ2v) is 13.0. The standard InChI is InChI=1S/C27H35ClN2O3/c1-15(2)20-11-30(27-12-26(13-27,14-27)22(31)32)23(33)29-25(20,6)16-7-8-17(21(28)9-16)18-10-19(18)24(3,4)5/h7-9,11,15,18-19H,10,12-14H2,1-6H3,(H,29,33)(H,31,32)/t18-,19?,25-,26?,27?/m0/s1. The first-order valence-corrected chi connectivity index (χ1v) is 12.5. The molecule has 1 heterocycles. The Hall–Kier alpha value is -2.01. The lowest BCUT2D eigenvalue weighted by atomic mass is 9.38. The van der Waals surface area contributed by atoms with Gasteiger partial charge in [-0.25, -0.2) is 4.79 Å². The highest BCUT2D eigenvalue weighted by molar-refractivity contribution is 6.31. The minimum Gasteiger partial charge on any atom is -0.481 e. The maximum Gasteiger partial charge on any atom is 0.322 e. The van der Waals surface area contributed by atoms with Crippen molar-refractivity contribution >= 4 is 23.6 Å². The van der Waals surface area contributed by atoms with E-state index in [2.05, 4.69) is 59.0 Å². The van der Waals surface area contributed by atoms with E-state index in [1.807, 2.05) is 12.3 Å². The minimum atomic E-state index is -0.737. The summed E-state index contributed by atoms with van der Waals surface area (Å²) < 4.78 is 0. The quantitative estimate of drug-likeness (QED) is 0.532. The largest absolute Gasteiger partial charge is 0.481 e. The van der Waals surface area contributed by atoms with Crippen LogP contribution < -0.4 is 5.32 Å². The fourth-order valence-corrected chi connectivity index (χ4v) is 7.16. The molecular weight excluding hydrogens is 436 g/mol. The molecule has 0 aromatic heterocycles. The van der Waals surface area contributed by atoms with Crippen molar-refractivity contribution in [1.82, 2.24) is 10.2 Å². The molecular formula is C27H35ClN2O3. The molecule has 3 atom stereocenters. The maximum absolute atomic E-state index is 13.3. The highest BCUT2D eigenvalue weighted by atomic mass is 35.5. The van der Waals surface area contributed by atoms with Gasteiger partial charge < -0.3 is 10.4 Å². The number of halogens is 1. The van der Waals surface area contributed by atoms with Crippen LogP contribution in [0.3, 0.4) is 0 Å². The molecule has 6 heteroatoms. The van der Waals surface area contributed by atoms with Gasteiger partial charge >= 0.3 is 12.0 Å². The van der Waals surface area contributed by atoms with E-state index < -0.39 is 16.9 Å². The lowest BCUT2D eigenvalue weighted by Gasteiger charge is -2.71. The number of carboxylic acid groups (broad SMARTS) is 1. The van der Waals surface area contributed by atoms with E-state index in [0.717, 1.165) is 16.2 Å². The molecule has 0 spiro atoms. The number of urea groups is 1. The zero-order chi connectivity index (χ0) is 24.1. The molecule has 4 aliphatic carbocycles. The molecule has 5 aliphatic rings. The molecule has 178 valence electrons. The van der Waals surface area contributed by atoms with E-state index in [-0.39, 0.29) is 22.9 Å². The zero-order valence-corrected chi connectivity index (χ0v) is 21.2. The molecule has 1 aromatic carbocycles. The highest BCUT2D eigenvalue weighted by Gasteiger charge is 2.75. The summed E-state index contributed by atoms with van der Waals surface area (Å²) in [6, 6.07) is 6.14.